The third kappa shape index (κ3) is 3.52. The Morgan fingerprint density at radius 3 is 3.05 bits per heavy atom. The summed E-state index contributed by atoms with van der Waals surface area (Å²) in [5.41, 5.74) is 7.28. The number of methoxy groups -OCH3 is 1. The Labute approximate surface area is 111 Å². The molecule has 102 valence electrons. The quantitative estimate of drug-likeness (QED) is 0.673. The standard InChI is InChI=1S/C13H18N4O2/c1-19-7-10(18)4-5-15-13-11-6-9(14)2-3-12(11)16-8-17-13/h2-3,6,8,10,18H,4-5,7,14H2,1H3,(H,15,16,17). The Bertz CT molecular complexity index is 547. The molecule has 4 N–H and O–H groups in total. The second-order valence-electron chi connectivity index (χ2n) is 4.32. The molecule has 0 aliphatic rings. The number of ether oxygens (including phenoxy) is 1. The van der Waals surface area contributed by atoms with Crippen LogP contribution >= 0.6 is 0 Å². The minimum Gasteiger partial charge on any atom is -0.399 e. The first-order valence-corrected chi connectivity index (χ1v) is 6.12. The number of hydrogen-bond donors (Lipinski definition) is 3. The predicted octanol–water partition coefficient (Wildman–Crippen LogP) is 1.02. The van der Waals surface area contributed by atoms with Gasteiger partial charge in [-0.25, -0.2) is 9.97 Å². The first-order valence-electron chi connectivity index (χ1n) is 6.12. The van der Waals surface area contributed by atoms with Crippen molar-refractivity contribution in [3.63, 3.8) is 0 Å². The van der Waals surface area contributed by atoms with Crippen molar-refractivity contribution < 1.29 is 9.84 Å². The van der Waals surface area contributed by atoms with Crippen LogP contribution in [0.3, 0.4) is 0 Å². The first kappa shape index (κ1) is 13.5. The van der Waals surface area contributed by atoms with Crippen molar-refractivity contribution >= 4 is 22.4 Å². The van der Waals surface area contributed by atoms with Gasteiger partial charge in [0.25, 0.3) is 0 Å². The van der Waals surface area contributed by atoms with E-state index < -0.39 is 6.10 Å². The third-order valence-corrected chi connectivity index (χ3v) is 2.79. The van der Waals surface area contributed by atoms with Crippen molar-refractivity contribution in [3.05, 3.63) is 24.5 Å². The van der Waals surface area contributed by atoms with Gasteiger partial charge in [0.1, 0.15) is 12.1 Å². The molecule has 0 fully saturated rings. The number of anilines is 2. The molecule has 1 atom stereocenters. The minimum absolute atomic E-state index is 0.332. The second-order valence-corrected chi connectivity index (χ2v) is 4.32. The molecule has 6 nitrogen and oxygen atoms in total. The van der Waals surface area contributed by atoms with E-state index >= 15 is 0 Å². The second kappa shape index (κ2) is 6.31. The van der Waals surface area contributed by atoms with Crippen LogP contribution in [0.25, 0.3) is 10.9 Å². The number of aliphatic hydroxyl groups excluding tert-OH is 1. The fourth-order valence-electron chi connectivity index (χ4n) is 1.85. The maximum atomic E-state index is 9.57. The minimum atomic E-state index is -0.476. The molecule has 1 unspecified atom stereocenters. The van der Waals surface area contributed by atoms with E-state index in [1.165, 1.54) is 6.33 Å². The molecule has 1 aromatic heterocycles. The fraction of sp³-hybridized carbons (Fsp3) is 0.385. The number of hydrogen-bond acceptors (Lipinski definition) is 6. The van der Waals surface area contributed by atoms with Gasteiger partial charge in [0, 0.05) is 24.7 Å². The predicted molar refractivity (Wildman–Crippen MR) is 74.9 cm³/mol. The number of nitrogens with two attached hydrogens (primary N) is 1. The van der Waals surface area contributed by atoms with Gasteiger partial charge in [0.2, 0.25) is 0 Å². The molecule has 2 rings (SSSR count). The van der Waals surface area contributed by atoms with E-state index in [-0.39, 0.29) is 0 Å². The molecular formula is C13H18N4O2. The zero-order valence-electron chi connectivity index (χ0n) is 10.8. The van der Waals surface area contributed by atoms with E-state index in [1.54, 1.807) is 13.2 Å². The number of aliphatic hydroxyl groups is 1. The number of nitrogen functional groups attached to an aromatic ring is 1. The first-order chi connectivity index (χ1) is 9.20. The third-order valence-electron chi connectivity index (χ3n) is 2.79. The molecule has 0 saturated carbocycles. The van der Waals surface area contributed by atoms with E-state index in [0.29, 0.717) is 25.3 Å². The summed E-state index contributed by atoms with van der Waals surface area (Å²) in [6.45, 7) is 0.935. The summed E-state index contributed by atoms with van der Waals surface area (Å²) in [6.07, 6.45) is 1.62. The summed E-state index contributed by atoms with van der Waals surface area (Å²) in [5.74, 6) is 0.724. The van der Waals surface area contributed by atoms with Crippen LogP contribution in [0.5, 0.6) is 0 Å². The normalized spacial score (nSPS) is 12.5. The number of nitrogens with one attached hydrogen (secondary N) is 1. The van der Waals surface area contributed by atoms with E-state index in [2.05, 4.69) is 15.3 Å². The molecule has 19 heavy (non-hydrogen) atoms. The largest absolute Gasteiger partial charge is 0.399 e. The van der Waals surface area contributed by atoms with E-state index in [4.69, 9.17) is 10.5 Å². The van der Waals surface area contributed by atoms with Crippen molar-refractivity contribution in [3.8, 4) is 0 Å². The molecule has 0 aliphatic heterocycles. The van der Waals surface area contributed by atoms with Gasteiger partial charge in [0.15, 0.2) is 0 Å². The van der Waals surface area contributed by atoms with Crippen molar-refractivity contribution in [2.45, 2.75) is 12.5 Å². The Kier molecular flexibility index (Phi) is 4.48. The van der Waals surface area contributed by atoms with Crippen LogP contribution in [-0.2, 0) is 4.74 Å². The Morgan fingerprint density at radius 2 is 2.26 bits per heavy atom. The zero-order valence-corrected chi connectivity index (χ0v) is 10.8. The summed E-state index contributed by atoms with van der Waals surface area (Å²) < 4.78 is 4.87. The van der Waals surface area contributed by atoms with Crippen LogP contribution in [0.1, 0.15) is 6.42 Å². The lowest BCUT2D eigenvalue weighted by atomic mass is 10.2. The lowest BCUT2D eigenvalue weighted by molar-refractivity contribution is 0.0615. The molecule has 2 aromatic rings. The molecule has 0 radical (unpaired) electrons. The van der Waals surface area contributed by atoms with Gasteiger partial charge >= 0.3 is 0 Å². The molecule has 0 bridgehead atoms. The summed E-state index contributed by atoms with van der Waals surface area (Å²) >= 11 is 0. The van der Waals surface area contributed by atoms with Crippen molar-refractivity contribution in [2.75, 3.05) is 31.3 Å². The van der Waals surface area contributed by atoms with Gasteiger partial charge in [-0.2, -0.15) is 0 Å². The van der Waals surface area contributed by atoms with Gasteiger partial charge in [-0.15, -0.1) is 0 Å². The zero-order chi connectivity index (χ0) is 13.7. The molecule has 6 heteroatoms. The SMILES string of the molecule is COCC(O)CCNc1ncnc2ccc(N)cc12. The van der Waals surface area contributed by atoms with Crippen LogP contribution in [0.4, 0.5) is 11.5 Å². The lowest BCUT2D eigenvalue weighted by Crippen LogP contribution is -2.18. The van der Waals surface area contributed by atoms with Crippen LogP contribution in [0.2, 0.25) is 0 Å². The summed E-state index contributed by atoms with van der Waals surface area (Å²) in [6, 6.07) is 5.50. The smallest absolute Gasteiger partial charge is 0.137 e. The number of nitrogens with zero attached hydrogens (tertiary/aromatic N) is 2. The number of benzene rings is 1. The molecule has 0 amide bonds. The maximum Gasteiger partial charge on any atom is 0.137 e. The number of aromatic nitrogens is 2. The lowest BCUT2D eigenvalue weighted by Gasteiger charge is -2.11. The Morgan fingerprint density at radius 1 is 1.42 bits per heavy atom. The van der Waals surface area contributed by atoms with Crippen molar-refractivity contribution in [2.24, 2.45) is 0 Å². The highest BCUT2D eigenvalue weighted by Gasteiger charge is 2.06. The van der Waals surface area contributed by atoms with Crippen LogP contribution in [0.15, 0.2) is 24.5 Å². The fourth-order valence-corrected chi connectivity index (χ4v) is 1.85. The highest BCUT2D eigenvalue weighted by molar-refractivity contribution is 5.91. The van der Waals surface area contributed by atoms with Crippen molar-refractivity contribution in [1.29, 1.82) is 0 Å². The molecule has 0 aliphatic carbocycles. The van der Waals surface area contributed by atoms with Gasteiger partial charge in [-0.3, -0.25) is 0 Å². The molecule has 0 spiro atoms. The van der Waals surface area contributed by atoms with Crippen LogP contribution in [0, 0.1) is 0 Å². The van der Waals surface area contributed by atoms with E-state index in [9.17, 15) is 5.11 Å². The van der Waals surface area contributed by atoms with Gasteiger partial charge in [-0.05, 0) is 24.6 Å². The molecule has 1 aromatic carbocycles. The highest BCUT2D eigenvalue weighted by Crippen LogP contribution is 2.21. The Balaban J connectivity index is 2.06. The summed E-state index contributed by atoms with van der Waals surface area (Å²) in [5, 5.41) is 13.6. The van der Waals surface area contributed by atoms with Crippen LogP contribution < -0.4 is 11.1 Å². The highest BCUT2D eigenvalue weighted by atomic mass is 16.5. The van der Waals surface area contributed by atoms with Crippen molar-refractivity contribution in [1.82, 2.24) is 9.97 Å². The molecular weight excluding hydrogens is 244 g/mol. The van der Waals surface area contributed by atoms with Gasteiger partial charge < -0.3 is 20.9 Å². The summed E-state index contributed by atoms with van der Waals surface area (Å²) in [7, 11) is 1.57. The van der Waals surface area contributed by atoms with Gasteiger partial charge in [-0.1, -0.05) is 0 Å². The van der Waals surface area contributed by atoms with E-state index in [1.807, 2.05) is 12.1 Å². The average molecular weight is 262 g/mol. The Hall–Kier alpha value is -1.92. The summed E-state index contributed by atoms with van der Waals surface area (Å²) in [4.78, 5) is 8.38. The maximum absolute atomic E-state index is 9.57. The number of fused-ring (bicyclic) bond motifs is 1. The topological polar surface area (TPSA) is 93.3 Å². The monoisotopic (exact) mass is 262 g/mol. The molecule has 1 heterocycles. The average Bonchev–Trinajstić information content (AvgIpc) is 2.39. The number of rotatable bonds is 6. The molecule has 0 saturated heterocycles. The van der Waals surface area contributed by atoms with Gasteiger partial charge in [0.05, 0.1) is 18.2 Å². The van der Waals surface area contributed by atoms with Crippen LogP contribution in [-0.4, -0.2) is 41.4 Å². The van der Waals surface area contributed by atoms with E-state index in [0.717, 1.165) is 16.7 Å².